The minimum absolute atomic E-state index is 0.105. The Kier molecular flexibility index (Phi) is 5.14. The normalized spacial score (nSPS) is 10.4. The number of halogens is 3. The molecular formula is C14H10BrClFNO3. The monoisotopic (exact) mass is 373 g/mol. The van der Waals surface area contributed by atoms with E-state index in [1.165, 1.54) is 6.07 Å². The number of hydrogen-bond donors (Lipinski definition) is 0. The smallest absolute Gasteiger partial charge is 0.304 e. The first-order valence-corrected chi connectivity index (χ1v) is 7.24. The molecule has 0 radical (unpaired) electrons. The number of nitro groups is 1. The van der Waals surface area contributed by atoms with E-state index in [0.29, 0.717) is 17.2 Å². The van der Waals surface area contributed by atoms with Gasteiger partial charge in [0.1, 0.15) is 12.4 Å². The highest BCUT2D eigenvalue weighted by Gasteiger charge is 2.14. The van der Waals surface area contributed by atoms with E-state index < -0.39 is 16.4 Å². The lowest BCUT2D eigenvalue weighted by atomic mass is 10.2. The number of nitrogens with zero attached hydrogens (tertiary/aromatic N) is 1. The van der Waals surface area contributed by atoms with Gasteiger partial charge < -0.3 is 4.74 Å². The molecule has 0 saturated heterocycles. The third kappa shape index (κ3) is 3.92. The van der Waals surface area contributed by atoms with Crippen LogP contribution in [0, 0.1) is 15.9 Å². The first-order chi connectivity index (χ1) is 10.0. The molecule has 4 nitrogen and oxygen atoms in total. The molecule has 0 heterocycles. The van der Waals surface area contributed by atoms with Crippen LogP contribution in [0.4, 0.5) is 10.1 Å². The Morgan fingerprint density at radius 3 is 2.52 bits per heavy atom. The second kappa shape index (κ2) is 6.87. The average molecular weight is 375 g/mol. The van der Waals surface area contributed by atoms with Crippen LogP contribution in [0.25, 0.3) is 0 Å². The van der Waals surface area contributed by atoms with Crippen molar-refractivity contribution in [2.45, 2.75) is 12.5 Å². The Morgan fingerprint density at radius 1 is 1.24 bits per heavy atom. The highest BCUT2D eigenvalue weighted by atomic mass is 79.9. The molecule has 21 heavy (non-hydrogen) atoms. The number of hydrogen-bond acceptors (Lipinski definition) is 3. The molecule has 110 valence electrons. The fourth-order valence-corrected chi connectivity index (χ4v) is 2.40. The van der Waals surface area contributed by atoms with Crippen LogP contribution in [0.1, 0.15) is 11.1 Å². The standard InChI is InChI=1S/C14H10BrClFNO3/c15-11-5-9(7-16)2-4-14(11)21-8-10-1-3-13(18(19)20)12(17)6-10/h1-6H,7-8H2. The van der Waals surface area contributed by atoms with Crippen molar-refractivity contribution in [3.05, 3.63) is 67.9 Å². The van der Waals surface area contributed by atoms with Gasteiger partial charge in [-0.05, 0) is 51.3 Å². The summed E-state index contributed by atoms with van der Waals surface area (Å²) in [5.41, 5.74) is 0.898. The van der Waals surface area contributed by atoms with Crippen molar-refractivity contribution in [2.75, 3.05) is 0 Å². The van der Waals surface area contributed by atoms with Crippen molar-refractivity contribution in [3.63, 3.8) is 0 Å². The van der Waals surface area contributed by atoms with Crippen LogP contribution >= 0.6 is 27.5 Å². The molecule has 0 aliphatic rings. The lowest BCUT2D eigenvalue weighted by Gasteiger charge is -2.09. The molecule has 0 saturated carbocycles. The van der Waals surface area contributed by atoms with Crippen molar-refractivity contribution in [2.24, 2.45) is 0 Å². The largest absolute Gasteiger partial charge is 0.488 e. The van der Waals surface area contributed by atoms with Crippen molar-refractivity contribution >= 4 is 33.2 Å². The van der Waals surface area contributed by atoms with Gasteiger partial charge in [0.15, 0.2) is 0 Å². The topological polar surface area (TPSA) is 52.4 Å². The van der Waals surface area contributed by atoms with Gasteiger partial charge in [-0.1, -0.05) is 6.07 Å². The van der Waals surface area contributed by atoms with Crippen LogP contribution in [0.5, 0.6) is 5.75 Å². The van der Waals surface area contributed by atoms with Crippen LogP contribution in [0.3, 0.4) is 0 Å². The second-order valence-electron chi connectivity index (χ2n) is 4.23. The predicted octanol–water partition coefficient (Wildman–Crippen LogP) is 4.81. The zero-order valence-corrected chi connectivity index (χ0v) is 13.0. The predicted molar refractivity (Wildman–Crippen MR) is 81.1 cm³/mol. The highest BCUT2D eigenvalue weighted by molar-refractivity contribution is 9.10. The molecule has 0 N–H and O–H groups in total. The van der Waals surface area contributed by atoms with Crippen LogP contribution in [-0.2, 0) is 12.5 Å². The summed E-state index contributed by atoms with van der Waals surface area (Å²) < 4.78 is 19.8. The molecule has 2 aromatic rings. The minimum atomic E-state index is -0.877. The van der Waals surface area contributed by atoms with Gasteiger partial charge in [-0.15, -0.1) is 11.6 Å². The maximum Gasteiger partial charge on any atom is 0.304 e. The third-order valence-electron chi connectivity index (χ3n) is 2.75. The summed E-state index contributed by atoms with van der Waals surface area (Å²) in [5.74, 6) is 0.104. The van der Waals surface area contributed by atoms with Gasteiger partial charge in [0.05, 0.1) is 9.40 Å². The number of rotatable bonds is 5. The van der Waals surface area contributed by atoms with E-state index in [2.05, 4.69) is 15.9 Å². The molecular weight excluding hydrogens is 365 g/mol. The Labute approximate surface area is 133 Å². The van der Waals surface area contributed by atoms with Crippen LogP contribution in [0.2, 0.25) is 0 Å². The van der Waals surface area contributed by atoms with Gasteiger partial charge in [0.25, 0.3) is 0 Å². The molecule has 0 atom stereocenters. The number of ether oxygens (including phenoxy) is 1. The first kappa shape index (κ1) is 15.7. The van der Waals surface area contributed by atoms with Crippen molar-refractivity contribution in [1.82, 2.24) is 0 Å². The summed E-state index contributed by atoms with van der Waals surface area (Å²) in [6.07, 6.45) is 0. The molecule has 2 aromatic carbocycles. The maximum absolute atomic E-state index is 13.5. The molecule has 2 rings (SSSR count). The van der Waals surface area contributed by atoms with Gasteiger partial charge in [-0.3, -0.25) is 10.1 Å². The molecule has 0 aliphatic heterocycles. The lowest BCUT2D eigenvalue weighted by molar-refractivity contribution is -0.387. The van der Waals surface area contributed by atoms with Crippen LogP contribution < -0.4 is 4.74 Å². The Balaban J connectivity index is 2.10. The molecule has 0 aliphatic carbocycles. The summed E-state index contributed by atoms with van der Waals surface area (Å²) >= 11 is 9.08. The van der Waals surface area contributed by atoms with E-state index >= 15 is 0 Å². The van der Waals surface area contributed by atoms with Crippen LogP contribution in [-0.4, -0.2) is 4.92 Å². The van der Waals surface area contributed by atoms with E-state index in [1.54, 1.807) is 6.07 Å². The number of nitro benzene ring substituents is 1. The zero-order chi connectivity index (χ0) is 15.4. The quantitative estimate of drug-likeness (QED) is 0.428. The average Bonchev–Trinajstić information content (AvgIpc) is 2.45. The first-order valence-electron chi connectivity index (χ1n) is 5.91. The van der Waals surface area contributed by atoms with Gasteiger partial charge in [0.2, 0.25) is 5.82 Å². The van der Waals surface area contributed by atoms with E-state index in [4.69, 9.17) is 16.3 Å². The van der Waals surface area contributed by atoms with Crippen molar-refractivity contribution < 1.29 is 14.1 Å². The highest BCUT2D eigenvalue weighted by Crippen LogP contribution is 2.28. The SMILES string of the molecule is O=[N+]([O-])c1ccc(COc2ccc(CCl)cc2Br)cc1F. The molecule has 0 unspecified atom stereocenters. The van der Waals surface area contributed by atoms with Gasteiger partial charge in [-0.2, -0.15) is 4.39 Å². The number of alkyl halides is 1. The van der Waals surface area contributed by atoms with Gasteiger partial charge in [-0.25, -0.2) is 0 Å². The molecule has 0 fully saturated rings. The molecule has 0 spiro atoms. The number of benzene rings is 2. The summed E-state index contributed by atoms with van der Waals surface area (Å²) in [7, 11) is 0. The Morgan fingerprint density at radius 2 is 1.95 bits per heavy atom. The Hall–Kier alpha value is -1.66. The third-order valence-corrected chi connectivity index (χ3v) is 3.68. The van der Waals surface area contributed by atoms with Crippen molar-refractivity contribution in [1.29, 1.82) is 0 Å². The Bertz CT molecular complexity index is 681. The minimum Gasteiger partial charge on any atom is -0.488 e. The van der Waals surface area contributed by atoms with E-state index in [1.807, 2.05) is 12.1 Å². The second-order valence-corrected chi connectivity index (χ2v) is 5.35. The van der Waals surface area contributed by atoms with Gasteiger partial charge >= 0.3 is 5.69 Å². The fraction of sp³-hybridized carbons (Fsp3) is 0.143. The van der Waals surface area contributed by atoms with E-state index in [9.17, 15) is 14.5 Å². The molecule has 0 amide bonds. The summed E-state index contributed by atoms with van der Waals surface area (Å²) in [5, 5.41) is 10.5. The van der Waals surface area contributed by atoms with E-state index in [-0.39, 0.29) is 6.61 Å². The van der Waals surface area contributed by atoms with Gasteiger partial charge in [0, 0.05) is 11.9 Å². The van der Waals surface area contributed by atoms with E-state index in [0.717, 1.165) is 22.2 Å². The summed E-state index contributed by atoms with van der Waals surface area (Å²) in [4.78, 5) is 9.77. The zero-order valence-electron chi connectivity index (χ0n) is 10.7. The summed E-state index contributed by atoms with van der Waals surface area (Å²) in [6.45, 7) is 0.105. The molecule has 7 heteroatoms. The maximum atomic E-state index is 13.5. The summed E-state index contributed by atoms with van der Waals surface area (Å²) in [6, 6.07) is 9.09. The van der Waals surface area contributed by atoms with Crippen LogP contribution in [0.15, 0.2) is 40.9 Å². The molecule has 0 aromatic heterocycles. The van der Waals surface area contributed by atoms with Crippen molar-refractivity contribution in [3.8, 4) is 5.75 Å². The lowest BCUT2D eigenvalue weighted by Crippen LogP contribution is -1.99. The molecule has 0 bridgehead atoms. The fourth-order valence-electron chi connectivity index (χ4n) is 1.69.